The summed E-state index contributed by atoms with van der Waals surface area (Å²) in [5.74, 6) is 0.862. The van der Waals surface area contributed by atoms with Crippen LogP contribution in [0.1, 0.15) is 82.3 Å². The van der Waals surface area contributed by atoms with Crippen LogP contribution >= 0.6 is 23.1 Å². The number of aryl methyl sites for hydroxylation is 1. The van der Waals surface area contributed by atoms with Crippen molar-refractivity contribution >= 4 is 39.0 Å². The zero-order valence-corrected chi connectivity index (χ0v) is 20.7. The molecule has 0 bridgehead atoms. The van der Waals surface area contributed by atoms with E-state index in [1.807, 2.05) is 0 Å². The van der Waals surface area contributed by atoms with Gasteiger partial charge in [-0.2, -0.15) is 0 Å². The molecule has 0 saturated heterocycles. The predicted octanol–water partition coefficient (Wildman–Crippen LogP) is 8.96. The lowest BCUT2D eigenvalue weighted by molar-refractivity contribution is -0.384. The van der Waals surface area contributed by atoms with Crippen LogP contribution in [0.5, 0.6) is 0 Å². The lowest BCUT2D eigenvalue weighted by Gasteiger charge is -2.05. The van der Waals surface area contributed by atoms with Gasteiger partial charge in [-0.1, -0.05) is 101 Å². The normalized spacial score (nSPS) is 11.3. The molecule has 0 spiro atoms. The number of benzene rings is 2. The summed E-state index contributed by atoms with van der Waals surface area (Å²) in [6.45, 7) is 2.27. The summed E-state index contributed by atoms with van der Waals surface area (Å²) in [7, 11) is 0. The molecule has 6 heteroatoms. The molecule has 0 N–H and O–H groups in total. The van der Waals surface area contributed by atoms with Crippen LogP contribution in [0, 0.1) is 10.1 Å². The van der Waals surface area contributed by atoms with Gasteiger partial charge in [0.05, 0.1) is 15.1 Å². The summed E-state index contributed by atoms with van der Waals surface area (Å²) in [6, 6.07) is 13.8. The van der Waals surface area contributed by atoms with Crippen molar-refractivity contribution in [1.82, 2.24) is 4.98 Å². The van der Waals surface area contributed by atoms with Gasteiger partial charge in [-0.25, -0.2) is 4.98 Å². The first-order valence-electron chi connectivity index (χ1n) is 11.9. The Morgan fingerprint density at radius 1 is 0.875 bits per heavy atom. The van der Waals surface area contributed by atoms with Crippen molar-refractivity contribution in [1.29, 1.82) is 0 Å². The monoisotopic (exact) mass is 470 g/mol. The fourth-order valence-corrected chi connectivity index (χ4v) is 5.89. The fraction of sp³-hybridized carbons (Fsp3) is 0.500. The Balaban J connectivity index is 1.33. The molecule has 0 atom stereocenters. The van der Waals surface area contributed by atoms with E-state index in [2.05, 4.69) is 36.2 Å². The van der Waals surface area contributed by atoms with Gasteiger partial charge in [0.25, 0.3) is 5.69 Å². The Kier molecular flexibility index (Phi) is 10.5. The molecule has 0 radical (unpaired) electrons. The van der Waals surface area contributed by atoms with Crippen LogP contribution in [0.15, 0.2) is 46.8 Å². The van der Waals surface area contributed by atoms with Crippen molar-refractivity contribution < 1.29 is 4.92 Å². The molecule has 0 aliphatic heterocycles. The minimum absolute atomic E-state index is 0.121. The van der Waals surface area contributed by atoms with Gasteiger partial charge in [0.15, 0.2) is 4.34 Å². The molecule has 0 saturated carbocycles. The number of nitrogens with zero attached hydrogens (tertiary/aromatic N) is 2. The first-order valence-corrected chi connectivity index (χ1v) is 13.7. The molecule has 0 aliphatic carbocycles. The average molecular weight is 471 g/mol. The maximum atomic E-state index is 10.9. The Hall–Kier alpha value is -1.92. The van der Waals surface area contributed by atoms with Crippen molar-refractivity contribution in [3.63, 3.8) is 0 Å². The van der Waals surface area contributed by atoms with Crippen molar-refractivity contribution in [2.75, 3.05) is 0 Å². The van der Waals surface area contributed by atoms with Gasteiger partial charge >= 0.3 is 0 Å². The Morgan fingerprint density at radius 3 is 2.16 bits per heavy atom. The SMILES string of the molecule is CCCCCCCCCCCCc1ccc(CSc2nc3ccc([N+](=O)[O-])cc3s2)cc1. The number of rotatable bonds is 15. The van der Waals surface area contributed by atoms with E-state index in [1.165, 1.54) is 99.2 Å². The van der Waals surface area contributed by atoms with E-state index in [0.717, 1.165) is 20.3 Å². The maximum absolute atomic E-state index is 10.9. The molecule has 1 heterocycles. The van der Waals surface area contributed by atoms with Crippen LogP contribution in [0.25, 0.3) is 10.2 Å². The van der Waals surface area contributed by atoms with E-state index in [4.69, 9.17) is 0 Å². The summed E-state index contributed by atoms with van der Waals surface area (Å²) < 4.78 is 1.82. The number of non-ortho nitro benzene ring substituents is 1. The van der Waals surface area contributed by atoms with Gasteiger partial charge in [-0.15, -0.1) is 11.3 Å². The van der Waals surface area contributed by atoms with Gasteiger partial charge in [0.2, 0.25) is 0 Å². The van der Waals surface area contributed by atoms with Crippen LogP contribution in [0.2, 0.25) is 0 Å². The Bertz CT molecular complexity index is 970. The van der Waals surface area contributed by atoms with Crippen LogP contribution in [-0.2, 0) is 12.2 Å². The van der Waals surface area contributed by atoms with Gasteiger partial charge in [0.1, 0.15) is 0 Å². The van der Waals surface area contributed by atoms with Crippen molar-refractivity contribution in [2.24, 2.45) is 0 Å². The number of hydrogen-bond donors (Lipinski definition) is 0. The zero-order valence-electron chi connectivity index (χ0n) is 19.1. The lowest BCUT2D eigenvalue weighted by Crippen LogP contribution is -1.88. The number of nitro groups is 1. The third-order valence-electron chi connectivity index (χ3n) is 5.77. The van der Waals surface area contributed by atoms with Crippen LogP contribution < -0.4 is 0 Å². The standard InChI is InChI=1S/C26H34N2O2S2/c1-2-3-4-5-6-7-8-9-10-11-12-21-13-15-22(16-14-21)20-31-26-27-24-18-17-23(28(29)30)19-25(24)32-26/h13-19H,2-12,20H2,1H3. The van der Waals surface area contributed by atoms with Crippen molar-refractivity contribution in [3.8, 4) is 0 Å². The molecule has 0 unspecified atom stereocenters. The van der Waals surface area contributed by atoms with Crippen LogP contribution in [0.3, 0.4) is 0 Å². The maximum Gasteiger partial charge on any atom is 0.270 e. The van der Waals surface area contributed by atoms with E-state index >= 15 is 0 Å². The van der Waals surface area contributed by atoms with E-state index in [0.29, 0.717) is 0 Å². The molecule has 0 amide bonds. The second-order valence-electron chi connectivity index (χ2n) is 8.43. The number of aromatic nitrogens is 1. The molecule has 1 aromatic heterocycles. The predicted molar refractivity (Wildman–Crippen MR) is 138 cm³/mol. The Labute approximate surface area is 200 Å². The molecule has 172 valence electrons. The minimum Gasteiger partial charge on any atom is -0.258 e. The van der Waals surface area contributed by atoms with Gasteiger partial charge in [0, 0.05) is 17.9 Å². The minimum atomic E-state index is -0.358. The van der Waals surface area contributed by atoms with Gasteiger partial charge in [-0.3, -0.25) is 10.1 Å². The number of unbranched alkanes of at least 4 members (excludes halogenated alkanes) is 9. The molecule has 3 rings (SSSR count). The van der Waals surface area contributed by atoms with Crippen molar-refractivity contribution in [2.45, 2.75) is 87.6 Å². The highest BCUT2D eigenvalue weighted by molar-refractivity contribution is 8.00. The highest BCUT2D eigenvalue weighted by Gasteiger charge is 2.10. The molecule has 3 aromatic rings. The number of thioether (sulfide) groups is 1. The fourth-order valence-electron chi connectivity index (χ4n) is 3.83. The highest BCUT2D eigenvalue weighted by Crippen LogP contribution is 2.33. The average Bonchev–Trinajstić information content (AvgIpc) is 3.22. The first kappa shape index (κ1) is 24.7. The quantitative estimate of drug-likeness (QED) is 0.0962. The summed E-state index contributed by atoms with van der Waals surface area (Å²) in [5.41, 5.74) is 3.66. The van der Waals surface area contributed by atoms with Crippen molar-refractivity contribution in [3.05, 3.63) is 63.7 Å². The molecular weight excluding hydrogens is 436 g/mol. The molecule has 4 nitrogen and oxygen atoms in total. The first-order chi connectivity index (χ1) is 15.7. The smallest absolute Gasteiger partial charge is 0.258 e. The van der Waals surface area contributed by atoms with Gasteiger partial charge in [-0.05, 0) is 30.0 Å². The summed E-state index contributed by atoms with van der Waals surface area (Å²) in [5, 5.41) is 10.9. The van der Waals surface area contributed by atoms with Gasteiger partial charge < -0.3 is 0 Å². The van der Waals surface area contributed by atoms with Crippen LogP contribution in [0.4, 0.5) is 5.69 Å². The second kappa shape index (κ2) is 13.6. The second-order valence-corrected chi connectivity index (χ2v) is 10.7. The van der Waals surface area contributed by atoms with E-state index in [1.54, 1.807) is 23.9 Å². The third kappa shape index (κ3) is 8.21. The third-order valence-corrected chi connectivity index (χ3v) is 8.00. The zero-order chi connectivity index (χ0) is 22.6. The number of hydrogen-bond acceptors (Lipinski definition) is 5. The molecular formula is C26H34N2O2S2. The summed E-state index contributed by atoms with van der Waals surface area (Å²) in [6.07, 6.45) is 14.9. The summed E-state index contributed by atoms with van der Waals surface area (Å²) in [4.78, 5) is 15.2. The molecule has 0 fully saturated rings. The van der Waals surface area contributed by atoms with E-state index in [9.17, 15) is 10.1 Å². The number of nitro benzene ring substituents is 1. The van der Waals surface area contributed by atoms with E-state index < -0.39 is 0 Å². The lowest BCUT2D eigenvalue weighted by atomic mass is 10.0. The van der Waals surface area contributed by atoms with Crippen LogP contribution in [-0.4, -0.2) is 9.91 Å². The van der Waals surface area contributed by atoms with E-state index in [-0.39, 0.29) is 10.6 Å². The summed E-state index contributed by atoms with van der Waals surface area (Å²) >= 11 is 3.21. The number of thiazole rings is 1. The molecule has 32 heavy (non-hydrogen) atoms. The largest absolute Gasteiger partial charge is 0.270 e. The highest BCUT2D eigenvalue weighted by atomic mass is 32.2. The Morgan fingerprint density at radius 2 is 1.50 bits per heavy atom. The topological polar surface area (TPSA) is 56.0 Å². The number of fused-ring (bicyclic) bond motifs is 1. The molecule has 2 aromatic carbocycles. The molecule has 0 aliphatic rings.